The predicted molar refractivity (Wildman–Crippen MR) is 106 cm³/mol. The number of aromatic nitrogens is 3. The lowest BCUT2D eigenvalue weighted by Crippen LogP contribution is -2.14. The van der Waals surface area contributed by atoms with Crippen LogP contribution in [0.2, 0.25) is 0 Å². The molecule has 0 amide bonds. The highest BCUT2D eigenvalue weighted by atomic mass is 79.9. The van der Waals surface area contributed by atoms with Crippen molar-refractivity contribution in [3.8, 4) is 5.69 Å². The summed E-state index contributed by atoms with van der Waals surface area (Å²) in [6.45, 7) is 6.53. The maximum Gasteiger partial charge on any atom is 0.280 e. The number of hydrogen-bond donors (Lipinski definition) is 1. The highest BCUT2D eigenvalue weighted by Gasteiger charge is 2.17. The molecule has 0 spiro atoms. The van der Waals surface area contributed by atoms with Gasteiger partial charge in [0.25, 0.3) is 5.56 Å². The van der Waals surface area contributed by atoms with E-state index in [0.717, 1.165) is 26.6 Å². The Kier molecular flexibility index (Phi) is 3.58. The average molecular weight is 396 g/mol. The molecule has 1 N–H and O–H groups in total. The molecule has 0 bridgehead atoms. The highest BCUT2D eigenvalue weighted by Crippen LogP contribution is 2.28. The molecule has 0 radical (unpaired) electrons. The van der Waals surface area contributed by atoms with Crippen LogP contribution in [0.15, 0.2) is 57.9 Å². The first-order valence-electron chi connectivity index (χ1n) is 8.14. The number of aromatic amines is 1. The maximum atomic E-state index is 12.8. The number of halogens is 1. The summed E-state index contributed by atoms with van der Waals surface area (Å²) in [5.74, 6) is 0. The number of nitrogens with one attached hydrogen (secondary N) is 1. The fourth-order valence-corrected chi connectivity index (χ4v) is 3.26. The van der Waals surface area contributed by atoms with Gasteiger partial charge in [-0.2, -0.15) is 0 Å². The summed E-state index contributed by atoms with van der Waals surface area (Å²) >= 11 is 3.42. The van der Waals surface area contributed by atoms with E-state index >= 15 is 0 Å². The van der Waals surface area contributed by atoms with E-state index < -0.39 is 0 Å². The van der Waals surface area contributed by atoms with E-state index in [1.165, 1.54) is 5.56 Å². The zero-order valence-corrected chi connectivity index (χ0v) is 15.9. The number of fused-ring (bicyclic) bond motifs is 3. The molecule has 0 fully saturated rings. The molecular weight excluding hydrogens is 378 g/mol. The molecule has 0 atom stereocenters. The molecule has 0 aliphatic heterocycles. The molecule has 0 aliphatic carbocycles. The largest absolute Gasteiger partial charge is 0.290 e. The van der Waals surface area contributed by atoms with Crippen molar-refractivity contribution in [3.63, 3.8) is 0 Å². The Bertz CT molecular complexity index is 1150. The average Bonchev–Trinajstić information content (AvgIpc) is 2.92. The lowest BCUT2D eigenvalue weighted by atomic mass is 9.86. The number of benzene rings is 2. The predicted octanol–water partition coefficient (Wildman–Crippen LogP) is 4.93. The molecule has 4 nitrogen and oxygen atoms in total. The minimum absolute atomic E-state index is 0.0327. The second-order valence-electron chi connectivity index (χ2n) is 7.26. The van der Waals surface area contributed by atoms with Gasteiger partial charge in [-0.3, -0.25) is 14.9 Å². The molecule has 2 aromatic carbocycles. The van der Waals surface area contributed by atoms with E-state index in [2.05, 4.69) is 58.9 Å². The van der Waals surface area contributed by atoms with Crippen LogP contribution < -0.4 is 5.56 Å². The van der Waals surface area contributed by atoms with Crippen molar-refractivity contribution in [2.75, 3.05) is 0 Å². The van der Waals surface area contributed by atoms with E-state index in [-0.39, 0.29) is 11.0 Å². The van der Waals surface area contributed by atoms with Crippen LogP contribution >= 0.6 is 15.9 Å². The van der Waals surface area contributed by atoms with Gasteiger partial charge in [-0.25, -0.2) is 4.68 Å². The number of pyridine rings is 1. The molecule has 2 aromatic heterocycles. The zero-order valence-electron chi connectivity index (χ0n) is 14.3. The molecule has 126 valence electrons. The normalized spacial score (nSPS) is 12.2. The summed E-state index contributed by atoms with van der Waals surface area (Å²) < 4.78 is 2.55. The van der Waals surface area contributed by atoms with Gasteiger partial charge in [0.1, 0.15) is 0 Å². The molecule has 0 saturated carbocycles. The minimum atomic E-state index is -0.0899. The lowest BCUT2D eigenvalue weighted by molar-refractivity contribution is 0.591. The molecule has 0 saturated heterocycles. The van der Waals surface area contributed by atoms with Gasteiger partial charge >= 0.3 is 0 Å². The number of nitrogens with zero attached hydrogens (tertiary/aromatic N) is 2. The van der Waals surface area contributed by atoms with Crippen LogP contribution in [0.1, 0.15) is 26.3 Å². The van der Waals surface area contributed by atoms with Gasteiger partial charge in [-0.1, -0.05) is 42.8 Å². The van der Waals surface area contributed by atoms with Crippen LogP contribution in [0.25, 0.3) is 27.5 Å². The fourth-order valence-electron chi connectivity index (χ4n) is 3.00. The summed E-state index contributed by atoms with van der Waals surface area (Å²) in [6, 6.07) is 13.9. The molecule has 5 heteroatoms. The topological polar surface area (TPSA) is 50.7 Å². The Morgan fingerprint density at radius 2 is 1.76 bits per heavy atom. The van der Waals surface area contributed by atoms with Gasteiger partial charge in [0.15, 0.2) is 0 Å². The summed E-state index contributed by atoms with van der Waals surface area (Å²) in [7, 11) is 0. The van der Waals surface area contributed by atoms with Crippen LogP contribution in [-0.2, 0) is 5.41 Å². The van der Waals surface area contributed by atoms with Gasteiger partial charge in [-0.05, 0) is 47.4 Å². The SMILES string of the molecule is CC(C)(C)c1ccc2ncc3c(=O)n(-c4ccc(Br)cc4)[nH]c3c2c1. The summed E-state index contributed by atoms with van der Waals surface area (Å²) in [6.07, 6.45) is 1.66. The van der Waals surface area contributed by atoms with Crippen LogP contribution in [0, 0.1) is 0 Å². The second kappa shape index (κ2) is 5.56. The summed E-state index contributed by atoms with van der Waals surface area (Å²) in [4.78, 5) is 17.3. The number of rotatable bonds is 1. The summed E-state index contributed by atoms with van der Waals surface area (Å²) in [5, 5.41) is 4.84. The van der Waals surface area contributed by atoms with Gasteiger partial charge in [0, 0.05) is 16.1 Å². The summed E-state index contributed by atoms with van der Waals surface area (Å²) in [5.41, 5.74) is 3.66. The van der Waals surface area contributed by atoms with Crippen molar-refractivity contribution in [2.45, 2.75) is 26.2 Å². The van der Waals surface area contributed by atoms with E-state index in [1.807, 2.05) is 30.3 Å². The van der Waals surface area contributed by atoms with Gasteiger partial charge in [-0.15, -0.1) is 0 Å². The Morgan fingerprint density at radius 3 is 2.44 bits per heavy atom. The quantitative estimate of drug-likeness (QED) is 0.496. The minimum Gasteiger partial charge on any atom is -0.290 e. The third-order valence-electron chi connectivity index (χ3n) is 4.48. The Balaban J connectivity index is 2.03. The first-order valence-corrected chi connectivity index (χ1v) is 8.94. The van der Waals surface area contributed by atoms with Crippen LogP contribution in [0.3, 0.4) is 0 Å². The van der Waals surface area contributed by atoms with Crippen LogP contribution in [-0.4, -0.2) is 14.8 Å². The van der Waals surface area contributed by atoms with Crippen molar-refractivity contribution in [1.29, 1.82) is 0 Å². The van der Waals surface area contributed by atoms with Crippen molar-refractivity contribution in [2.24, 2.45) is 0 Å². The molecule has 25 heavy (non-hydrogen) atoms. The van der Waals surface area contributed by atoms with E-state index in [0.29, 0.717) is 5.39 Å². The van der Waals surface area contributed by atoms with Gasteiger partial charge in [0.05, 0.1) is 22.1 Å². The van der Waals surface area contributed by atoms with Crippen molar-refractivity contribution >= 4 is 37.7 Å². The Labute approximate surface area is 153 Å². The third-order valence-corrected chi connectivity index (χ3v) is 5.00. The van der Waals surface area contributed by atoms with Crippen molar-refractivity contribution < 1.29 is 0 Å². The number of H-pyrrole nitrogens is 1. The first-order chi connectivity index (χ1) is 11.8. The lowest BCUT2D eigenvalue weighted by Gasteiger charge is -2.19. The van der Waals surface area contributed by atoms with E-state index in [1.54, 1.807) is 10.9 Å². The smallest absolute Gasteiger partial charge is 0.280 e. The highest BCUT2D eigenvalue weighted by molar-refractivity contribution is 9.10. The van der Waals surface area contributed by atoms with Gasteiger partial charge in [0.2, 0.25) is 0 Å². The third kappa shape index (κ3) is 2.68. The Morgan fingerprint density at radius 1 is 1.04 bits per heavy atom. The van der Waals surface area contributed by atoms with E-state index in [4.69, 9.17) is 0 Å². The first kappa shape index (κ1) is 16.1. The van der Waals surface area contributed by atoms with E-state index in [9.17, 15) is 4.79 Å². The molecule has 4 rings (SSSR count). The standard InChI is InChI=1S/C20H18BrN3O/c1-20(2,3)12-4-9-17-15(10-12)18-16(11-22-17)19(25)24(23-18)14-7-5-13(21)6-8-14/h4-11,23H,1-3H3. The number of hydrogen-bond acceptors (Lipinski definition) is 2. The van der Waals surface area contributed by atoms with Crippen LogP contribution in [0.5, 0.6) is 0 Å². The molecule has 0 aliphatic rings. The maximum absolute atomic E-state index is 12.8. The fraction of sp³-hybridized carbons (Fsp3) is 0.200. The van der Waals surface area contributed by atoms with Gasteiger partial charge < -0.3 is 0 Å². The monoisotopic (exact) mass is 395 g/mol. The van der Waals surface area contributed by atoms with Crippen molar-refractivity contribution in [3.05, 3.63) is 69.1 Å². The molecule has 4 aromatic rings. The van der Waals surface area contributed by atoms with Crippen LogP contribution in [0.4, 0.5) is 0 Å². The Hall–Kier alpha value is -2.40. The molecular formula is C20H18BrN3O. The second-order valence-corrected chi connectivity index (χ2v) is 8.17. The molecule has 0 unspecified atom stereocenters. The van der Waals surface area contributed by atoms with Crippen molar-refractivity contribution in [1.82, 2.24) is 14.8 Å². The zero-order chi connectivity index (χ0) is 17.8. The molecule has 2 heterocycles.